The van der Waals surface area contributed by atoms with Gasteiger partial charge in [0.25, 0.3) is 0 Å². The second-order valence-corrected chi connectivity index (χ2v) is 3.38. The maximum atomic E-state index is 5.34. The molecule has 2 heteroatoms. The molecule has 0 atom stereocenters. The molecule has 0 radical (unpaired) electrons. The predicted molar refractivity (Wildman–Crippen MR) is 65.1 cm³/mol. The maximum absolute atomic E-state index is 5.34. The Morgan fingerprint density at radius 1 is 1.19 bits per heavy atom. The molecule has 0 unspecified atom stereocenters. The fraction of sp³-hybridized carbons (Fsp3) is 0.429. The molecule has 0 bridgehead atoms. The number of ether oxygens (including phenoxy) is 2. The van der Waals surface area contributed by atoms with Gasteiger partial charge < -0.3 is 9.47 Å². The molecule has 0 N–H and O–H groups in total. The van der Waals surface area contributed by atoms with Gasteiger partial charge >= 0.3 is 0 Å². The number of aryl methyl sites for hydroxylation is 1. The van der Waals surface area contributed by atoms with Gasteiger partial charge in [0.05, 0.1) is 0 Å². The van der Waals surface area contributed by atoms with Crippen molar-refractivity contribution in [2.75, 3.05) is 13.2 Å². The first kappa shape index (κ1) is 12.8. The molecule has 16 heavy (non-hydrogen) atoms. The van der Waals surface area contributed by atoms with Crippen LogP contribution in [0.15, 0.2) is 24.3 Å². The lowest BCUT2D eigenvalue weighted by molar-refractivity contribution is -0.0969. The predicted octanol–water partition coefficient (Wildman–Crippen LogP) is 2.75. The maximum Gasteiger partial charge on any atom is 0.222 e. The lowest BCUT2D eigenvalue weighted by Crippen LogP contribution is -2.14. The van der Waals surface area contributed by atoms with Gasteiger partial charge in [-0.15, -0.1) is 0 Å². The molecule has 0 aliphatic carbocycles. The van der Waals surface area contributed by atoms with Crippen molar-refractivity contribution < 1.29 is 9.47 Å². The minimum Gasteiger partial charge on any atom is -0.342 e. The Labute approximate surface area is 97.6 Å². The highest BCUT2D eigenvalue weighted by molar-refractivity contribution is 5.37. The first-order valence-corrected chi connectivity index (χ1v) is 5.57. The largest absolute Gasteiger partial charge is 0.342 e. The molecule has 0 heterocycles. The summed E-state index contributed by atoms with van der Waals surface area (Å²) in [6.07, 6.45) is -0.421. The minimum absolute atomic E-state index is 0.421. The van der Waals surface area contributed by atoms with E-state index in [9.17, 15) is 0 Å². The normalized spacial score (nSPS) is 10.0. The molecule has 86 valence electrons. The van der Waals surface area contributed by atoms with Crippen molar-refractivity contribution in [1.82, 2.24) is 0 Å². The van der Waals surface area contributed by atoms with Crippen LogP contribution in [0.5, 0.6) is 0 Å². The summed E-state index contributed by atoms with van der Waals surface area (Å²) in [7, 11) is 0. The van der Waals surface area contributed by atoms with Gasteiger partial charge in [0.15, 0.2) is 0 Å². The van der Waals surface area contributed by atoms with Crippen LogP contribution in [0.25, 0.3) is 0 Å². The third kappa shape index (κ3) is 4.48. The fourth-order valence-corrected chi connectivity index (χ4v) is 1.30. The number of hydrogen-bond acceptors (Lipinski definition) is 2. The standard InChI is InChI=1S/C14H18O2/c1-4-15-14(16-5-2)10-9-13-8-6-7-12(3)11-13/h6-8,11,14H,4-5H2,1-3H3. The number of benzene rings is 1. The van der Waals surface area contributed by atoms with Crippen LogP contribution in [-0.2, 0) is 9.47 Å². The quantitative estimate of drug-likeness (QED) is 0.571. The Morgan fingerprint density at radius 3 is 2.44 bits per heavy atom. The van der Waals surface area contributed by atoms with Crippen LogP contribution in [-0.4, -0.2) is 19.5 Å². The molecule has 0 fully saturated rings. The number of rotatable bonds is 4. The molecule has 0 saturated carbocycles. The van der Waals surface area contributed by atoms with Gasteiger partial charge in [-0.1, -0.05) is 18.1 Å². The van der Waals surface area contributed by atoms with Crippen molar-refractivity contribution in [2.45, 2.75) is 27.1 Å². The first-order valence-electron chi connectivity index (χ1n) is 5.57. The number of hydrogen-bond donors (Lipinski definition) is 0. The van der Waals surface area contributed by atoms with Crippen molar-refractivity contribution >= 4 is 0 Å². The Bertz CT molecular complexity index is 368. The zero-order valence-electron chi connectivity index (χ0n) is 10.1. The van der Waals surface area contributed by atoms with E-state index >= 15 is 0 Å². The highest BCUT2D eigenvalue weighted by Crippen LogP contribution is 2.02. The zero-order chi connectivity index (χ0) is 11.8. The molecule has 0 aliphatic heterocycles. The molecular formula is C14H18O2. The lowest BCUT2D eigenvalue weighted by atomic mass is 10.1. The molecule has 1 aromatic rings. The molecule has 0 amide bonds. The summed E-state index contributed by atoms with van der Waals surface area (Å²) < 4.78 is 10.7. The molecule has 1 aromatic carbocycles. The monoisotopic (exact) mass is 218 g/mol. The van der Waals surface area contributed by atoms with Crippen LogP contribution < -0.4 is 0 Å². The van der Waals surface area contributed by atoms with E-state index in [0.717, 1.165) is 5.56 Å². The van der Waals surface area contributed by atoms with Crippen LogP contribution in [0.3, 0.4) is 0 Å². The van der Waals surface area contributed by atoms with Gasteiger partial charge in [-0.05, 0) is 44.4 Å². The molecule has 0 saturated heterocycles. The topological polar surface area (TPSA) is 18.5 Å². The Morgan fingerprint density at radius 2 is 1.88 bits per heavy atom. The van der Waals surface area contributed by atoms with Crippen molar-refractivity contribution in [2.24, 2.45) is 0 Å². The smallest absolute Gasteiger partial charge is 0.222 e. The zero-order valence-corrected chi connectivity index (χ0v) is 10.1. The Kier molecular flexibility index (Phi) is 5.63. The molecule has 2 nitrogen and oxygen atoms in total. The van der Waals surface area contributed by atoms with Gasteiger partial charge in [-0.3, -0.25) is 0 Å². The highest BCUT2D eigenvalue weighted by Gasteiger charge is 2.01. The molecular weight excluding hydrogens is 200 g/mol. The van der Waals surface area contributed by atoms with E-state index in [4.69, 9.17) is 9.47 Å². The van der Waals surface area contributed by atoms with E-state index in [2.05, 4.69) is 11.8 Å². The van der Waals surface area contributed by atoms with E-state index in [1.165, 1.54) is 5.56 Å². The van der Waals surface area contributed by atoms with Crippen LogP contribution >= 0.6 is 0 Å². The molecule has 0 aromatic heterocycles. The third-order valence-electron chi connectivity index (χ3n) is 1.99. The van der Waals surface area contributed by atoms with Crippen molar-refractivity contribution in [1.29, 1.82) is 0 Å². The van der Waals surface area contributed by atoms with Crippen molar-refractivity contribution in [3.05, 3.63) is 35.4 Å². The summed E-state index contributed by atoms with van der Waals surface area (Å²) in [6, 6.07) is 8.07. The second kappa shape index (κ2) is 7.05. The lowest BCUT2D eigenvalue weighted by Gasteiger charge is -2.09. The van der Waals surface area contributed by atoms with E-state index in [0.29, 0.717) is 13.2 Å². The van der Waals surface area contributed by atoms with E-state index in [1.54, 1.807) is 0 Å². The Balaban J connectivity index is 2.69. The van der Waals surface area contributed by atoms with Crippen LogP contribution in [0.4, 0.5) is 0 Å². The minimum atomic E-state index is -0.421. The third-order valence-corrected chi connectivity index (χ3v) is 1.99. The fourth-order valence-electron chi connectivity index (χ4n) is 1.30. The summed E-state index contributed by atoms with van der Waals surface area (Å²) in [6.45, 7) is 7.12. The van der Waals surface area contributed by atoms with Gasteiger partial charge in [0.2, 0.25) is 6.29 Å². The Hall–Kier alpha value is -1.30. The summed E-state index contributed by atoms with van der Waals surface area (Å²) in [5.41, 5.74) is 2.19. The van der Waals surface area contributed by atoms with E-state index in [-0.39, 0.29) is 0 Å². The molecule has 0 aliphatic rings. The first-order chi connectivity index (χ1) is 7.76. The summed E-state index contributed by atoms with van der Waals surface area (Å²) in [4.78, 5) is 0. The van der Waals surface area contributed by atoms with Crippen molar-refractivity contribution in [3.8, 4) is 11.8 Å². The van der Waals surface area contributed by atoms with Crippen molar-refractivity contribution in [3.63, 3.8) is 0 Å². The summed E-state index contributed by atoms with van der Waals surface area (Å²) in [5, 5.41) is 0. The summed E-state index contributed by atoms with van der Waals surface area (Å²) in [5.74, 6) is 6.03. The van der Waals surface area contributed by atoms with Gasteiger partial charge in [-0.25, -0.2) is 0 Å². The molecule has 0 spiro atoms. The van der Waals surface area contributed by atoms with Crippen LogP contribution in [0.2, 0.25) is 0 Å². The average molecular weight is 218 g/mol. The second-order valence-electron chi connectivity index (χ2n) is 3.38. The average Bonchev–Trinajstić information content (AvgIpc) is 2.27. The van der Waals surface area contributed by atoms with Gasteiger partial charge in [0, 0.05) is 18.8 Å². The van der Waals surface area contributed by atoms with Crippen LogP contribution in [0, 0.1) is 18.8 Å². The SMILES string of the molecule is CCOC(C#Cc1cccc(C)c1)OCC. The van der Waals surface area contributed by atoms with Crippen LogP contribution in [0.1, 0.15) is 25.0 Å². The van der Waals surface area contributed by atoms with Gasteiger partial charge in [0.1, 0.15) is 0 Å². The molecule has 1 rings (SSSR count). The summed E-state index contributed by atoms with van der Waals surface area (Å²) >= 11 is 0. The highest BCUT2D eigenvalue weighted by atomic mass is 16.7. The van der Waals surface area contributed by atoms with Gasteiger partial charge in [-0.2, -0.15) is 0 Å². The van der Waals surface area contributed by atoms with E-state index < -0.39 is 6.29 Å². The van der Waals surface area contributed by atoms with E-state index in [1.807, 2.05) is 45.0 Å².